The molecule has 0 bridgehead atoms. The zero-order valence-electron chi connectivity index (χ0n) is 10.9. The molecule has 0 aliphatic carbocycles. The topological polar surface area (TPSA) is 58.6 Å². The van der Waals surface area contributed by atoms with E-state index in [1.807, 2.05) is 0 Å². The van der Waals surface area contributed by atoms with Gasteiger partial charge >= 0.3 is 0 Å². The summed E-state index contributed by atoms with van der Waals surface area (Å²) < 4.78 is 5.33. The summed E-state index contributed by atoms with van der Waals surface area (Å²) >= 11 is 0. The highest BCUT2D eigenvalue weighted by Crippen LogP contribution is 2.15. The van der Waals surface area contributed by atoms with E-state index in [4.69, 9.17) is 9.84 Å². The Kier molecular flexibility index (Phi) is 6.52. The predicted molar refractivity (Wildman–Crippen MR) is 66.6 cm³/mol. The molecule has 4 nitrogen and oxygen atoms in total. The number of hydrogen-bond donors (Lipinski definition) is 2. The van der Waals surface area contributed by atoms with Gasteiger partial charge in [-0.2, -0.15) is 0 Å². The molecule has 0 radical (unpaired) electrons. The molecule has 0 aromatic rings. The van der Waals surface area contributed by atoms with Gasteiger partial charge in [-0.15, -0.1) is 0 Å². The van der Waals surface area contributed by atoms with Gasteiger partial charge in [-0.3, -0.25) is 4.79 Å². The molecule has 0 spiro atoms. The maximum absolute atomic E-state index is 11.7. The summed E-state index contributed by atoms with van der Waals surface area (Å²) in [5.41, 5.74) is 0. The highest BCUT2D eigenvalue weighted by Gasteiger charge is 2.23. The van der Waals surface area contributed by atoms with Gasteiger partial charge in [0, 0.05) is 19.8 Å². The quantitative estimate of drug-likeness (QED) is 0.709. The van der Waals surface area contributed by atoms with Crippen LogP contribution in [0.25, 0.3) is 0 Å². The summed E-state index contributed by atoms with van der Waals surface area (Å²) in [7, 11) is 0. The van der Waals surface area contributed by atoms with Crippen LogP contribution in [0.4, 0.5) is 0 Å². The first kappa shape index (κ1) is 14.5. The second kappa shape index (κ2) is 7.67. The first-order valence-electron chi connectivity index (χ1n) is 6.63. The minimum Gasteiger partial charge on any atom is -0.396 e. The Morgan fingerprint density at radius 2 is 2.29 bits per heavy atom. The normalized spacial score (nSPS) is 21.8. The summed E-state index contributed by atoms with van der Waals surface area (Å²) in [6.07, 6.45) is 3.35. The molecule has 0 aromatic heterocycles. The van der Waals surface area contributed by atoms with Crippen LogP contribution in [0.2, 0.25) is 0 Å². The van der Waals surface area contributed by atoms with E-state index in [0.29, 0.717) is 25.0 Å². The first-order chi connectivity index (χ1) is 8.13. The van der Waals surface area contributed by atoms with E-state index in [-0.39, 0.29) is 18.6 Å². The SMILES string of the molecule is CC(C)CC(CCO)CNC(=O)C1CCCO1. The summed E-state index contributed by atoms with van der Waals surface area (Å²) in [6.45, 7) is 5.85. The van der Waals surface area contributed by atoms with Gasteiger partial charge in [-0.05, 0) is 37.5 Å². The molecule has 1 amide bonds. The van der Waals surface area contributed by atoms with Crippen LogP contribution in [-0.2, 0) is 9.53 Å². The lowest BCUT2D eigenvalue weighted by Crippen LogP contribution is -2.37. The molecule has 1 fully saturated rings. The Hall–Kier alpha value is -0.610. The zero-order valence-corrected chi connectivity index (χ0v) is 10.9. The van der Waals surface area contributed by atoms with Crippen LogP contribution in [0.1, 0.15) is 39.5 Å². The zero-order chi connectivity index (χ0) is 12.7. The molecule has 2 atom stereocenters. The second-order valence-corrected chi connectivity index (χ2v) is 5.25. The number of nitrogens with one attached hydrogen (secondary N) is 1. The third-order valence-corrected chi connectivity index (χ3v) is 3.13. The average molecular weight is 243 g/mol. The van der Waals surface area contributed by atoms with E-state index in [0.717, 1.165) is 25.7 Å². The fraction of sp³-hybridized carbons (Fsp3) is 0.923. The van der Waals surface area contributed by atoms with Gasteiger partial charge in [0.15, 0.2) is 0 Å². The Morgan fingerprint density at radius 1 is 1.53 bits per heavy atom. The average Bonchev–Trinajstić information content (AvgIpc) is 2.78. The van der Waals surface area contributed by atoms with E-state index >= 15 is 0 Å². The molecule has 1 aliphatic rings. The molecule has 2 unspecified atom stereocenters. The minimum absolute atomic E-state index is 0.00851. The molecule has 0 aromatic carbocycles. The van der Waals surface area contributed by atoms with Crippen LogP contribution >= 0.6 is 0 Å². The Bertz CT molecular complexity index is 225. The molecular weight excluding hydrogens is 218 g/mol. The number of hydrogen-bond acceptors (Lipinski definition) is 3. The van der Waals surface area contributed by atoms with Gasteiger partial charge in [0.25, 0.3) is 0 Å². The Labute approximate surface area is 104 Å². The fourth-order valence-electron chi connectivity index (χ4n) is 2.30. The van der Waals surface area contributed by atoms with Crippen molar-refractivity contribution in [2.75, 3.05) is 19.8 Å². The lowest BCUT2D eigenvalue weighted by Gasteiger charge is -2.19. The van der Waals surface area contributed by atoms with E-state index < -0.39 is 0 Å². The molecular formula is C13H25NO3. The largest absolute Gasteiger partial charge is 0.396 e. The molecule has 4 heteroatoms. The van der Waals surface area contributed by atoms with Crippen molar-refractivity contribution in [1.29, 1.82) is 0 Å². The van der Waals surface area contributed by atoms with Gasteiger partial charge in [0.2, 0.25) is 5.91 Å². The number of aliphatic hydroxyl groups is 1. The van der Waals surface area contributed by atoms with Crippen LogP contribution in [0, 0.1) is 11.8 Å². The van der Waals surface area contributed by atoms with Crippen molar-refractivity contribution in [2.45, 2.75) is 45.6 Å². The van der Waals surface area contributed by atoms with Crippen LogP contribution in [0.15, 0.2) is 0 Å². The molecule has 100 valence electrons. The lowest BCUT2D eigenvalue weighted by atomic mass is 9.94. The number of carbonyl (C=O) groups is 1. The summed E-state index contributed by atoms with van der Waals surface area (Å²) in [5, 5.41) is 11.9. The number of aliphatic hydroxyl groups excluding tert-OH is 1. The number of rotatable bonds is 7. The van der Waals surface area contributed by atoms with Gasteiger partial charge in [-0.1, -0.05) is 13.8 Å². The number of carbonyl (C=O) groups excluding carboxylic acids is 1. The van der Waals surface area contributed by atoms with Crippen LogP contribution in [0.5, 0.6) is 0 Å². The number of ether oxygens (including phenoxy) is 1. The van der Waals surface area contributed by atoms with Crippen LogP contribution in [-0.4, -0.2) is 36.9 Å². The minimum atomic E-state index is -0.246. The summed E-state index contributed by atoms with van der Waals surface area (Å²) in [5.74, 6) is 0.964. The number of amides is 1. The second-order valence-electron chi connectivity index (χ2n) is 5.25. The maximum atomic E-state index is 11.7. The van der Waals surface area contributed by atoms with Crippen molar-refractivity contribution >= 4 is 5.91 Å². The van der Waals surface area contributed by atoms with E-state index in [9.17, 15) is 4.79 Å². The molecule has 1 aliphatic heterocycles. The Balaban J connectivity index is 2.26. The molecule has 0 saturated carbocycles. The van der Waals surface area contributed by atoms with E-state index in [1.165, 1.54) is 0 Å². The monoisotopic (exact) mass is 243 g/mol. The summed E-state index contributed by atoms with van der Waals surface area (Å²) in [4.78, 5) is 11.7. The Morgan fingerprint density at radius 3 is 2.82 bits per heavy atom. The fourth-order valence-corrected chi connectivity index (χ4v) is 2.30. The standard InChI is InChI=1S/C13H25NO3/c1-10(2)8-11(5-6-15)9-14-13(16)12-4-3-7-17-12/h10-12,15H,3-9H2,1-2H3,(H,14,16). The van der Waals surface area contributed by atoms with Gasteiger partial charge < -0.3 is 15.2 Å². The molecule has 17 heavy (non-hydrogen) atoms. The van der Waals surface area contributed by atoms with E-state index in [2.05, 4.69) is 19.2 Å². The van der Waals surface area contributed by atoms with Crippen molar-refractivity contribution in [2.24, 2.45) is 11.8 Å². The highest BCUT2D eigenvalue weighted by molar-refractivity contribution is 5.80. The van der Waals surface area contributed by atoms with Crippen molar-refractivity contribution in [1.82, 2.24) is 5.32 Å². The van der Waals surface area contributed by atoms with Crippen molar-refractivity contribution in [3.63, 3.8) is 0 Å². The smallest absolute Gasteiger partial charge is 0.249 e. The highest BCUT2D eigenvalue weighted by atomic mass is 16.5. The van der Waals surface area contributed by atoms with Crippen LogP contribution < -0.4 is 5.32 Å². The molecule has 1 rings (SSSR count). The van der Waals surface area contributed by atoms with Crippen LogP contribution in [0.3, 0.4) is 0 Å². The van der Waals surface area contributed by atoms with Gasteiger partial charge in [-0.25, -0.2) is 0 Å². The first-order valence-corrected chi connectivity index (χ1v) is 6.63. The predicted octanol–water partition coefficient (Wildman–Crippen LogP) is 1.33. The van der Waals surface area contributed by atoms with Crippen molar-refractivity contribution < 1.29 is 14.6 Å². The van der Waals surface area contributed by atoms with Crippen molar-refractivity contribution in [3.05, 3.63) is 0 Å². The van der Waals surface area contributed by atoms with E-state index in [1.54, 1.807) is 0 Å². The maximum Gasteiger partial charge on any atom is 0.249 e. The molecule has 1 heterocycles. The molecule has 1 saturated heterocycles. The third kappa shape index (κ3) is 5.50. The van der Waals surface area contributed by atoms with Gasteiger partial charge in [0.05, 0.1) is 0 Å². The van der Waals surface area contributed by atoms with Crippen molar-refractivity contribution in [3.8, 4) is 0 Å². The third-order valence-electron chi connectivity index (χ3n) is 3.13. The molecule has 2 N–H and O–H groups in total. The lowest BCUT2D eigenvalue weighted by molar-refractivity contribution is -0.130. The summed E-state index contributed by atoms with van der Waals surface area (Å²) in [6, 6.07) is 0. The van der Waals surface area contributed by atoms with Gasteiger partial charge in [0.1, 0.15) is 6.10 Å².